The molecule has 0 saturated heterocycles. The van der Waals surface area contributed by atoms with Crippen molar-refractivity contribution in [2.24, 2.45) is 0 Å². The van der Waals surface area contributed by atoms with Gasteiger partial charge in [-0.3, -0.25) is 14.4 Å². The largest absolute Gasteiger partial charge is 0.427 e. The van der Waals surface area contributed by atoms with Gasteiger partial charge in [0, 0.05) is 12.5 Å². The Hall–Kier alpha value is -4.00. The second-order valence-electron chi connectivity index (χ2n) is 6.44. The number of rotatable bonds is 6. The van der Waals surface area contributed by atoms with Crippen molar-refractivity contribution in [3.05, 3.63) is 89.7 Å². The highest BCUT2D eigenvalue weighted by molar-refractivity contribution is 6.07. The van der Waals surface area contributed by atoms with Gasteiger partial charge in [0.2, 0.25) is 5.91 Å². The van der Waals surface area contributed by atoms with Crippen molar-refractivity contribution in [2.45, 2.75) is 13.3 Å². The fourth-order valence-corrected chi connectivity index (χ4v) is 2.77. The molecule has 0 aromatic heterocycles. The molecule has 0 radical (unpaired) electrons. The molecule has 3 aromatic rings. The highest BCUT2D eigenvalue weighted by Gasteiger charge is 2.13. The first kappa shape index (κ1) is 20.7. The summed E-state index contributed by atoms with van der Waals surface area (Å²) in [5.74, 6) is -1.56. The van der Waals surface area contributed by atoms with Gasteiger partial charge in [0.25, 0.3) is 5.91 Å². The van der Waals surface area contributed by atoms with Crippen LogP contribution in [0.25, 0.3) is 0 Å². The molecule has 2 N–H and O–H groups in total. The van der Waals surface area contributed by atoms with Crippen LogP contribution in [0.5, 0.6) is 5.75 Å². The molecule has 0 bridgehead atoms. The molecule has 152 valence electrons. The fourth-order valence-electron chi connectivity index (χ4n) is 2.77. The quantitative estimate of drug-likeness (QED) is 0.475. The number of amides is 2. The zero-order valence-electron chi connectivity index (χ0n) is 16.1. The molecule has 6 nitrogen and oxygen atoms in total. The van der Waals surface area contributed by atoms with Crippen molar-refractivity contribution in [1.82, 2.24) is 0 Å². The predicted octanol–water partition coefficient (Wildman–Crippen LogP) is 4.18. The van der Waals surface area contributed by atoms with Crippen molar-refractivity contribution in [3.63, 3.8) is 0 Å². The van der Waals surface area contributed by atoms with Gasteiger partial charge in [-0.25, -0.2) is 4.39 Å². The lowest BCUT2D eigenvalue weighted by molar-refractivity contribution is -0.131. The summed E-state index contributed by atoms with van der Waals surface area (Å²) in [6, 6.07) is 18.9. The number of benzene rings is 3. The van der Waals surface area contributed by atoms with Crippen LogP contribution in [0.1, 0.15) is 22.8 Å². The number of carbonyl (C=O) groups excluding carboxylic acids is 3. The molecule has 0 aliphatic heterocycles. The Kier molecular flexibility index (Phi) is 6.54. The lowest BCUT2D eigenvalue weighted by Crippen LogP contribution is -2.18. The van der Waals surface area contributed by atoms with Gasteiger partial charge in [-0.15, -0.1) is 0 Å². The third-order valence-corrected chi connectivity index (χ3v) is 4.12. The molecule has 0 heterocycles. The predicted molar refractivity (Wildman–Crippen MR) is 111 cm³/mol. The second-order valence-corrected chi connectivity index (χ2v) is 6.44. The van der Waals surface area contributed by atoms with Gasteiger partial charge in [-0.1, -0.05) is 36.4 Å². The van der Waals surface area contributed by atoms with Gasteiger partial charge in [-0.2, -0.15) is 0 Å². The van der Waals surface area contributed by atoms with Crippen LogP contribution in [0.3, 0.4) is 0 Å². The topological polar surface area (TPSA) is 84.5 Å². The normalized spacial score (nSPS) is 10.2. The molecule has 0 aliphatic rings. The van der Waals surface area contributed by atoms with E-state index in [1.54, 1.807) is 60.7 Å². The Bertz CT molecular complexity index is 1100. The maximum atomic E-state index is 13.8. The van der Waals surface area contributed by atoms with E-state index in [1.807, 2.05) is 0 Å². The Morgan fingerprint density at radius 3 is 2.23 bits per heavy atom. The average molecular weight is 406 g/mol. The summed E-state index contributed by atoms with van der Waals surface area (Å²) >= 11 is 0. The number of esters is 1. The molecule has 3 aromatic carbocycles. The van der Waals surface area contributed by atoms with Gasteiger partial charge >= 0.3 is 5.97 Å². The molecule has 3 rings (SSSR count). The zero-order valence-corrected chi connectivity index (χ0v) is 16.1. The molecule has 0 unspecified atom stereocenters. The van der Waals surface area contributed by atoms with E-state index in [0.717, 1.165) is 0 Å². The summed E-state index contributed by atoms with van der Waals surface area (Å²) in [5.41, 5.74) is 1.31. The Balaban J connectivity index is 1.72. The fraction of sp³-hybridized carbons (Fsp3) is 0.0870. The number of hydrogen-bond acceptors (Lipinski definition) is 4. The first-order valence-corrected chi connectivity index (χ1v) is 9.14. The SMILES string of the molecule is CC(=O)Oc1cccc(C(=O)Nc2ccccc2NC(=O)Cc2ccccc2F)c1. The summed E-state index contributed by atoms with van der Waals surface area (Å²) in [4.78, 5) is 36.1. The van der Waals surface area contributed by atoms with E-state index in [0.29, 0.717) is 11.4 Å². The number of nitrogens with one attached hydrogen (secondary N) is 2. The molecule has 2 amide bonds. The van der Waals surface area contributed by atoms with Gasteiger partial charge in [0.05, 0.1) is 17.8 Å². The van der Waals surface area contributed by atoms with Crippen LogP contribution in [-0.2, 0) is 16.0 Å². The van der Waals surface area contributed by atoms with Crippen molar-refractivity contribution in [1.29, 1.82) is 0 Å². The minimum absolute atomic E-state index is 0.139. The summed E-state index contributed by atoms with van der Waals surface area (Å²) in [5, 5.41) is 5.41. The number of carbonyl (C=O) groups is 3. The average Bonchev–Trinajstić information content (AvgIpc) is 2.71. The maximum absolute atomic E-state index is 13.8. The first-order valence-electron chi connectivity index (χ1n) is 9.14. The van der Waals surface area contributed by atoms with Gasteiger partial charge in [-0.05, 0) is 42.0 Å². The minimum atomic E-state index is -0.490. The lowest BCUT2D eigenvalue weighted by Gasteiger charge is -2.13. The summed E-state index contributed by atoms with van der Waals surface area (Å²) < 4.78 is 18.8. The molecule has 0 saturated carbocycles. The van der Waals surface area contributed by atoms with Crippen LogP contribution in [0.4, 0.5) is 15.8 Å². The van der Waals surface area contributed by atoms with E-state index < -0.39 is 23.6 Å². The van der Waals surface area contributed by atoms with E-state index in [-0.39, 0.29) is 23.3 Å². The highest BCUT2D eigenvalue weighted by atomic mass is 19.1. The minimum Gasteiger partial charge on any atom is -0.427 e. The third-order valence-electron chi connectivity index (χ3n) is 4.12. The molecular weight excluding hydrogens is 387 g/mol. The van der Waals surface area contributed by atoms with E-state index >= 15 is 0 Å². The van der Waals surface area contributed by atoms with Crippen molar-refractivity contribution >= 4 is 29.2 Å². The van der Waals surface area contributed by atoms with Crippen molar-refractivity contribution < 1.29 is 23.5 Å². The monoisotopic (exact) mass is 406 g/mol. The van der Waals surface area contributed by atoms with Crippen LogP contribution in [0.2, 0.25) is 0 Å². The third kappa shape index (κ3) is 5.51. The van der Waals surface area contributed by atoms with E-state index in [4.69, 9.17) is 4.74 Å². The summed E-state index contributed by atoms with van der Waals surface area (Å²) in [6.45, 7) is 1.27. The number of para-hydroxylation sites is 2. The van der Waals surface area contributed by atoms with Gasteiger partial charge in [0.15, 0.2) is 0 Å². The zero-order chi connectivity index (χ0) is 21.5. The van der Waals surface area contributed by atoms with E-state index in [2.05, 4.69) is 10.6 Å². The van der Waals surface area contributed by atoms with Crippen LogP contribution in [0, 0.1) is 5.82 Å². The number of hydrogen-bond donors (Lipinski definition) is 2. The van der Waals surface area contributed by atoms with Crippen molar-refractivity contribution in [3.8, 4) is 5.75 Å². The number of ether oxygens (including phenoxy) is 1. The molecular formula is C23H19FN2O4. The van der Waals surface area contributed by atoms with Crippen molar-refractivity contribution in [2.75, 3.05) is 10.6 Å². The van der Waals surface area contributed by atoms with E-state index in [9.17, 15) is 18.8 Å². The first-order chi connectivity index (χ1) is 14.4. The molecule has 30 heavy (non-hydrogen) atoms. The summed E-state index contributed by atoms with van der Waals surface area (Å²) in [6.07, 6.45) is -0.139. The summed E-state index contributed by atoms with van der Waals surface area (Å²) in [7, 11) is 0. The van der Waals surface area contributed by atoms with Gasteiger partial charge in [0.1, 0.15) is 11.6 Å². The molecule has 0 aliphatic carbocycles. The standard InChI is InChI=1S/C23H19FN2O4/c1-15(27)30-18-9-6-8-17(13-18)23(29)26-21-12-5-4-11-20(21)25-22(28)14-16-7-2-3-10-19(16)24/h2-13H,14H2,1H3,(H,25,28)(H,26,29). The Labute approximate surface area is 172 Å². The molecule has 0 spiro atoms. The number of anilines is 2. The second kappa shape index (κ2) is 9.47. The van der Waals surface area contributed by atoms with Crippen LogP contribution >= 0.6 is 0 Å². The lowest BCUT2D eigenvalue weighted by atomic mass is 10.1. The van der Waals surface area contributed by atoms with Crippen LogP contribution in [-0.4, -0.2) is 17.8 Å². The Morgan fingerprint density at radius 1 is 0.867 bits per heavy atom. The molecule has 0 atom stereocenters. The Morgan fingerprint density at radius 2 is 1.53 bits per heavy atom. The van der Waals surface area contributed by atoms with Gasteiger partial charge < -0.3 is 15.4 Å². The van der Waals surface area contributed by atoms with Crippen LogP contribution in [0.15, 0.2) is 72.8 Å². The maximum Gasteiger partial charge on any atom is 0.308 e. The molecule has 7 heteroatoms. The molecule has 0 fully saturated rings. The van der Waals surface area contributed by atoms with Crippen LogP contribution < -0.4 is 15.4 Å². The highest BCUT2D eigenvalue weighted by Crippen LogP contribution is 2.23. The smallest absolute Gasteiger partial charge is 0.308 e. The van der Waals surface area contributed by atoms with E-state index in [1.165, 1.54) is 19.1 Å². The number of halogens is 1.